The molecule has 150 valence electrons. The van der Waals surface area contributed by atoms with Crippen LogP contribution < -0.4 is 9.64 Å². The van der Waals surface area contributed by atoms with Crippen molar-refractivity contribution in [3.63, 3.8) is 0 Å². The summed E-state index contributed by atoms with van der Waals surface area (Å²) in [4.78, 5) is 18.2. The summed E-state index contributed by atoms with van der Waals surface area (Å²) >= 11 is 0. The first-order valence-corrected chi connectivity index (χ1v) is 10.6. The van der Waals surface area contributed by atoms with Crippen molar-refractivity contribution < 1.29 is 9.53 Å². The molecule has 1 aliphatic heterocycles. The Morgan fingerprint density at radius 2 is 1.76 bits per heavy atom. The molecule has 4 nitrogen and oxygen atoms in total. The predicted molar refractivity (Wildman–Crippen MR) is 118 cm³/mol. The molecule has 0 radical (unpaired) electrons. The predicted octanol–water partition coefficient (Wildman–Crippen LogP) is 4.21. The monoisotopic (exact) mass is 388 g/mol. The van der Waals surface area contributed by atoms with Crippen LogP contribution in [0.3, 0.4) is 0 Å². The number of carbonyl (C=O) groups is 1. The summed E-state index contributed by atoms with van der Waals surface area (Å²) in [6.45, 7) is 4.16. The molecule has 4 heteroatoms. The van der Waals surface area contributed by atoms with E-state index >= 15 is 0 Å². The highest BCUT2D eigenvalue weighted by atomic mass is 16.5. The van der Waals surface area contributed by atoms with Crippen molar-refractivity contribution in [2.75, 3.05) is 45.2 Å². The number of nitrogens with zero attached hydrogens (tertiary/aromatic N) is 2. The topological polar surface area (TPSA) is 32.8 Å². The Morgan fingerprint density at radius 3 is 2.48 bits per heavy atom. The van der Waals surface area contributed by atoms with Crippen molar-refractivity contribution in [3.8, 4) is 5.75 Å². The maximum Gasteiger partial charge on any atom is 0.167 e. The Labute approximate surface area is 172 Å². The summed E-state index contributed by atoms with van der Waals surface area (Å²) < 4.78 is 5.43. The first-order chi connectivity index (χ1) is 14.1. The summed E-state index contributed by atoms with van der Waals surface area (Å²) in [5.41, 5.74) is 5.58. The second kappa shape index (κ2) is 7.34. The number of benzene rings is 2. The molecule has 2 fully saturated rings. The molecule has 29 heavy (non-hydrogen) atoms. The molecule has 1 saturated heterocycles. The molecule has 0 N–H and O–H groups in total. The fraction of sp³-hybridized carbons (Fsp3) is 0.400. The fourth-order valence-corrected chi connectivity index (χ4v) is 4.91. The molecule has 0 bridgehead atoms. The third-order valence-corrected chi connectivity index (χ3v) is 6.90. The van der Waals surface area contributed by atoms with Crippen molar-refractivity contribution in [2.45, 2.75) is 12.8 Å². The second-order valence-corrected chi connectivity index (χ2v) is 8.55. The molecule has 1 heterocycles. The van der Waals surface area contributed by atoms with Gasteiger partial charge in [0.1, 0.15) is 5.75 Å². The molecule has 0 spiro atoms. The maximum absolute atomic E-state index is 13.4. The summed E-state index contributed by atoms with van der Waals surface area (Å²) in [6, 6.07) is 14.7. The van der Waals surface area contributed by atoms with E-state index in [1.54, 1.807) is 7.11 Å². The van der Waals surface area contributed by atoms with Crippen LogP contribution in [0.5, 0.6) is 5.75 Å². The van der Waals surface area contributed by atoms with E-state index in [0.29, 0.717) is 11.7 Å². The van der Waals surface area contributed by atoms with Crippen LogP contribution in [0.4, 0.5) is 5.69 Å². The minimum atomic E-state index is 0.108. The van der Waals surface area contributed by atoms with Gasteiger partial charge in [-0.3, -0.25) is 4.79 Å². The van der Waals surface area contributed by atoms with E-state index in [4.69, 9.17) is 4.74 Å². The third kappa shape index (κ3) is 3.25. The number of rotatable bonds is 3. The van der Waals surface area contributed by atoms with Crippen molar-refractivity contribution in [1.29, 1.82) is 0 Å². The van der Waals surface area contributed by atoms with Gasteiger partial charge < -0.3 is 14.5 Å². The zero-order chi connectivity index (χ0) is 20.0. The zero-order valence-electron chi connectivity index (χ0n) is 17.2. The number of hydrogen-bond donors (Lipinski definition) is 0. The van der Waals surface area contributed by atoms with Crippen molar-refractivity contribution in [1.82, 2.24) is 4.90 Å². The van der Waals surface area contributed by atoms with Gasteiger partial charge in [0.2, 0.25) is 0 Å². The molecule has 2 aromatic carbocycles. The van der Waals surface area contributed by atoms with E-state index in [2.05, 4.69) is 53.3 Å². The van der Waals surface area contributed by atoms with Gasteiger partial charge in [0, 0.05) is 43.3 Å². The van der Waals surface area contributed by atoms with Crippen LogP contribution >= 0.6 is 0 Å². The second-order valence-electron chi connectivity index (χ2n) is 8.55. The largest absolute Gasteiger partial charge is 0.497 e. The van der Waals surface area contributed by atoms with Crippen LogP contribution in [0.1, 0.15) is 34.3 Å². The van der Waals surface area contributed by atoms with E-state index in [1.807, 2.05) is 12.1 Å². The Hall–Kier alpha value is -2.59. The summed E-state index contributed by atoms with van der Waals surface area (Å²) in [6.07, 6.45) is 4.32. The number of methoxy groups -OCH3 is 1. The first-order valence-electron chi connectivity index (χ1n) is 10.6. The number of ketones is 1. The lowest BCUT2D eigenvalue weighted by Gasteiger charge is -2.36. The highest BCUT2D eigenvalue weighted by Crippen LogP contribution is 2.49. The molecule has 1 saturated carbocycles. The quantitative estimate of drug-likeness (QED) is 0.789. The molecule has 2 aliphatic carbocycles. The normalized spacial score (nSPS) is 24.1. The van der Waals surface area contributed by atoms with E-state index in [0.717, 1.165) is 55.9 Å². The first kappa shape index (κ1) is 18.4. The standard InChI is InChI=1S/C25H28N2O2/c1-26-10-12-27(13-11-26)19-7-6-18-15-23(17-4-3-5-20(14-17)29-2)21-8-9-22(21)25(28)24(18)16-19/h3-7,14-16,21-22H,8-13H2,1-2H3. The number of carbonyl (C=O) groups excluding carboxylic acids is 1. The van der Waals surface area contributed by atoms with Crippen LogP contribution in [0.15, 0.2) is 42.5 Å². The van der Waals surface area contributed by atoms with Crippen molar-refractivity contribution in [2.24, 2.45) is 11.8 Å². The highest BCUT2D eigenvalue weighted by molar-refractivity contribution is 6.07. The van der Waals surface area contributed by atoms with Gasteiger partial charge in [0.05, 0.1) is 7.11 Å². The van der Waals surface area contributed by atoms with Crippen LogP contribution in [0, 0.1) is 11.8 Å². The van der Waals surface area contributed by atoms with Gasteiger partial charge in [-0.15, -0.1) is 0 Å². The van der Waals surface area contributed by atoms with Gasteiger partial charge >= 0.3 is 0 Å². The molecule has 3 aliphatic rings. The Balaban J connectivity index is 1.54. The molecular formula is C25H28N2O2. The number of allylic oxidation sites excluding steroid dienone is 1. The number of anilines is 1. The maximum atomic E-state index is 13.4. The van der Waals surface area contributed by atoms with Gasteiger partial charge in [0.15, 0.2) is 5.78 Å². The average Bonchev–Trinajstić information content (AvgIpc) is 2.80. The molecule has 0 amide bonds. The Morgan fingerprint density at radius 1 is 0.966 bits per heavy atom. The Bertz CT molecular complexity index is 973. The molecular weight excluding hydrogens is 360 g/mol. The van der Waals surface area contributed by atoms with Crippen LogP contribution in [0.2, 0.25) is 0 Å². The lowest BCUT2D eigenvalue weighted by atomic mass is 9.66. The fourth-order valence-electron chi connectivity index (χ4n) is 4.91. The molecule has 2 unspecified atom stereocenters. The van der Waals surface area contributed by atoms with Crippen molar-refractivity contribution in [3.05, 3.63) is 59.2 Å². The summed E-state index contributed by atoms with van der Waals surface area (Å²) in [7, 11) is 3.87. The van der Waals surface area contributed by atoms with Gasteiger partial charge in [-0.1, -0.05) is 24.3 Å². The molecule has 0 aromatic heterocycles. The number of likely N-dealkylation sites (N-methyl/N-ethyl adjacent to an activating group) is 1. The zero-order valence-corrected chi connectivity index (χ0v) is 17.2. The minimum absolute atomic E-state index is 0.108. The highest BCUT2D eigenvalue weighted by Gasteiger charge is 2.41. The SMILES string of the molecule is COc1cccc(C2=Cc3ccc(N4CCN(C)CC4)cc3C(=O)C3CCC23)c1. The number of Topliss-reactive ketones (excluding diaryl/α,β-unsaturated/α-hetero) is 1. The van der Waals surface area contributed by atoms with Crippen LogP contribution in [-0.4, -0.2) is 51.0 Å². The van der Waals surface area contributed by atoms with Crippen molar-refractivity contribution >= 4 is 23.1 Å². The van der Waals surface area contributed by atoms with Gasteiger partial charge in [0.25, 0.3) is 0 Å². The molecule has 2 atom stereocenters. The smallest absolute Gasteiger partial charge is 0.167 e. The van der Waals surface area contributed by atoms with Crippen LogP contribution in [-0.2, 0) is 0 Å². The summed E-state index contributed by atoms with van der Waals surface area (Å²) in [5.74, 6) is 1.60. The lowest BCUT2D eigenvalue weighted by molar-refractivity contribution is 0.0804. The van der Waals surface area contributed by atoms with Gasteiger partial charge in [-0.25, -0.2) is 0 Å². The average molecular weight is 389 g/mol. The summed E-state index contributed by atoms with van der Waals surface area (Å²) in [5, 5.41) is 0. The Kier molecular flexibility index (Phi) is 4.67. The van der Waals surface area contributed by atoms with E-state index < -0.39 is 0 Å². The van der Waals surface area contributed by atoms with E-state index in [1.165, 1.54) is 16.8 Å². The van der Waals surface area contributed by atoms with Gasteiger partial charge in [-0.2, -0.15) is 0 Å². The molecule has 5 rings (SSSR count). The third-order valence-electron chi connectivity index (χ3n) is 6.90. The number of fused-ring (bicyclic) bond motifs is 2. The minimum Gasteiger partial charge on any atom is -0.497 e. The van der Waals surface area contributed by atoms with Gasteiger partial charge in [-0.05, 0) is 66.8 Å². The van der Waals surface area contributed by atoms with E-state index in [-0.39, 0.29) is 5.92 Å². The number of hydrogen-bond acceptors (Lipinski definition) is 4. The molecule has 2 aromatic rings. The van der Waals surface area contributed by atoms with E-state index in [9.17, 15) is 4.79 Å². The number of ether oxygens (including phenoxy) is 1. The lowest BCUT2D eigenvalue weighted by Crippen LogP contribution is -2.44. The number of piperazine rings is 1. The van der Waals surface area contributed by atoms with Crippen LogP contribution in [0.25, 0.3) is 11.6 Å².